The summed E-state index contributed by atoms with van der Waals surface area (Å²) in [4.78, 5) is 20.1. The van der Waals surface area contributed by atoms with Gasteiger partial charge in [0, 0.05) is 18.5 Å². The van der Waals surface area contributed by atoms with Crippen molar-refractivity contribution in [3.8, 4) is 11.5 Å². The molecule has 194 valence electrons. The Bertz CT molecular complexity index is 1310. The second-order valence-corrected chi connectivity index (χ2v) is 8.40. The van der Waals surface area contributed by atoms with Gasteiger partial charge >= 0.3 is 6.18 Å². The number of oxime groups is 1. The van der Waals surface area contributed by atoms with E-state index in [1.165, 1.54) is 49.5 Å². The van der Waals surface area contributed by atoms with Crippen molar-refractivity contribution in [3.63, 3.8) is 0 Å². The third-order valence-electron chi connectivity index (χ3n) is 5.89. The van der Waals surface area contributed by atoms with E-state index < -0.39 is 29.6 Å². The largest absolute Gasteiger partial charge is 0.493 e. The quantitative estimate of drug-likeness (QED) is 0.361. The highest BCUT2D eigenvalue weighted by molar-refractivity contribution is 6.02. The molecule has 37 heavy (non-hydrogen) atoms. The van der Waals surface area contributed by atoms with Crippen LogP contribution in [0.2, 0.25) is 0 Å². The van der Waals surface area contributed by atoms with Crippen LogP contribution in [0.4, 0.5) is 17.6 Å². The fourth-order valence-electron chi connectivity index (χ4n) is 4.05. The monoisotopic (exact) mass is 516 g/mol. The van der Waals surface area contributed by atoms with Crippen molar-refractivity contribution in [2.45, 2.75) is 25.2 Å². The molecule has 6 nitrogen and oxygen atoms in total. The topological polar surface area (TPSA) is 60.4 Å². The fraction of sp³-hybridized carbons (Fsp3) is 0.259. The van der Waals surface area contributed by atoms with E-state index in [0.717, 1.165) is 23.8 Å². The average molecular weight is 516 g/mol. The van der Waals surface area contributed by atoms with Gasteiger partial charge in [0.25, 0.3) is 5.91 Å². The first-order valence-corrected chi connectivity index (χ1v) is 11.3. The zero-order valence-corrected chi connectivity index (χ0v) is 20.1. The lowest BCUT2D eigenvalue weighted by molar-refractivity contribution is -0.137. The lowest BCUT2D eigenvalue weighted by Crippen LogP contribution is -2.37. The molecular weight excluding hydrogens is 492 g/mol. The average Bonchev–Trinajstić information content (AvgIpc) is 3.36. The molecule has 1 amide bonds. The van der Waals surface area contributed by atoms with E-state index in [-0.39, 0.29) is 24.2 Å². The first-order valence-electron chi connectivity index (χ1n) is 11.3. The SMILES string of the molecule is COc1ccc(C2=NO[C@H](CN(Cc3cccc(C(F)(F)F)c3)C(=O)c3ccccc3F)C2)cc1OC. The zero-order chi connectivity index (χ0) is 26.6. The second-order valence-electron chi connectivity index (χ2n) is 8.40. The van der Waals surface area contributed by atoms with Gasteiger partial charge in [0.2, 0.25) is 0 Å². The van der Waals surface area contributed by atoms with Crippen LogP contribution in [-0.2, 0) is 17.6 Å². The molecule has 0 bridgehead atoms. The molecule has 3 aromatic rings. The number of amides is 1. The van der Waals surface area contributed by atoms with Crippen molar-refractivity contribution in [3.05, 3.63) is 94.8 Å². The summed E-state index contributed by atoms with van der Waals surface area (Å²) in [5, 5.41) is 4.13. The molecule has 1 aliphatic rings. The van der Waals surface area contributed by atoms with E-state index in [0.29, 0.717) is 23.6 Å². The molecule has 1 aliphatic heterocycles. The summed E-state index contributed by atoms with van der Waals surface area (Å²) in [5.41, 5.74) is 0.555. The lowest BCUT2D eigenvalue weighted by atomic mass is 10.0. The maximum atomic E-state index is 14.4. The number of hydrogen-bond acceptors (Lipinski definition) is 5. The van der Waals surface area contributed by atoms with Gasteiger partial charge in [0.05, 0.1) is 37.6 Å². The predicted octanol–water partition coefficient (Wildman–Crippen LogP) is 5.70. The van der Waals surface area contributed by atoms with Crippen LogP contribution < -0.4 is 9.47 Å². The minimum atomic E-state index is -4.53. The highest BCUT2D eigenvalue weighted by Crippen LogP contribution is 2.31. The number of halogens is 4. The summed E-state index contributed by atoms with van der Waals surface area (Å²) in [6.45, 7) is -0.202. The molecule has 0 radical (unpaired) electrons. The van der Waals surface area contributed by atoms with Crippen molar-refractivity contribution >= 4 is 11.6 Å². The van der Waals surface area contributed by atoms with E-state index >= 15 is 0 Å². The number of rotatable bonds is 8. The van der Waals surface area contributed by atoms with Crippen LogP contribution in [0.3, 0.4) is 0 Å². The molecule has 0 saturated heterocycles. The van der Waals surface area contributed by atoms with E-state index in [2.05, 4.69) is 5.16 Å². The summed E-state index contributed by atoms with van der Waals surface area (Å²) in [7, 11) is 3.03. The zero-order valence-electron chi connectivity index (χ0n) is 20.1. The number of carbonyl (C=O) groups excluding carboxylic acids is 1. The van der Waals surface area contributed by atoms with E-state index in [9.17, 15) is 22.4 Å². The van der Waals surface area contributed by atoms with Gasteiger partial charge in [0.15, 0.2) is 17.6 Å². The Balaban J connectivity index is 1.56. The van der Waals surface area contributed by atoms with Gasteiger partial charge in [-0.15, -0.1) is 0 Å². The van der Waals surface area contributed by atoms with E-state index in [4.69, 9.17) is 14.3 Å². The Hall–Kier alpha value is -4.08. The number of alkyl halides is 3. The molecule has 0 fully saturated rings. The maximum absolute atomic E-state index is 14.4. The first kappa shape index (κ1) is 26.0. The number of methoxy groups -OCH3 is 2. The smallest absolute Gasteiger partial charge is 0.416 e. The van der Waals surface area contributed by atoms with Gasteiger partial charge in [0.1, 0.15) is 5.82 Å². The minimum absolute atomic E-state index is 0.0241. The van der Waals surface area contributed by atoms with Crippen LogP contribution in [-0.4, -0.2) is 43.4 Å². The van der Waals surface area contributed by atoms with Crippen molar-refractivity contribution in [2.75, 3.05) is 20.8 Å². The molecule has 0 aliphatic carbocycles. The number of hydrogen-bond donors (Lipinski definition) is 0. The Morgan fingerprint density at radius 1 is 1.03 bits per heavy atom. The van der Waals surface area contributed by atoms with Crippen LogP contribution >= 0.6 is 0 Å². The molecule has 0 N–H and O–H groups in total. The minimum Gasteiger partial charge on any atom is -0.493 e. The molecule has 4 rings (SSSR count). The Kier molecular flexibility index (Phi) is 7.66. The Morgan fingerprint density at radius 2 is 1.78 bits per heavy atom. The number of benzene rings is 3. The van der Waals surface area contributed by atoms with Crippen LogP contribution in [0.5, 0.6) is 11.5 Å². The first-order chi connectivity index (χ1) is 17.7. The van der Waals surface area contributed by atoms with Crippen molar-refractivity contribution < 1.29 is 36.7 Å². The van der Waals surface area contributed by atoms with Crippen LogP contribution in [0, 0.1) is 5.82 Å². The normalized spacial score (nSPS) is 15.1. The third-order valence-corrected chi connectivity index (χ3v) is 5.89. The van der Waals surface area contributed by atoms with E-state index in [1.807, 2.05) is 0 Å². The van der Waals surface area contributed by atoms with E-state index in [1.54, 1.807) is 18.2 Å². The van der Waals surface area contributed by atoms with Gasteiger partial charge in [-0.3, -0.25) is 4.79 Å². The Labute approximate surface area is 211 Å². The highest BCUT2D eigenvalue weighted by atomic mass is 19.4. The molecular formula is C27H24F4N2O4. The van der Waals surface area contributed by atoms with Gasteiger partial charge < -0.3 is 19.2 Å². The van der Waals surface area contributed by atoms with Crippen molar-refractivity contribution in [1.29, 1.82) is 0 Å². The van der Waals surface area contributed by atoms with Gasteiger partial charge in [-0.05, 0) is 48.0 Å². The molecule has 0 spiro atoms. The summed E-state index contributed by atoms with van der Waals surface area (Å²) in [6, 6.07) is 15.4. The molecule has 3 aromatic carbocycles. The molecule has 1 atom stereocenters. The molecule has 1 heterocycles. The molecule has 10 heteroatoms. The number of ether oxygens (including phenoxy) is 2. The molecule has 0 saturated carbocycles. The van der Waals surface area contributed by atoms with Crippen LogP contribution in [0.1, 0.15) is 33.5 Å². The van der Waals surface area contributed by atoms with Crippen molar-refractivity contribution in [1.82, 2.24) is 4.90 Å². The standard InChI is InChI=1S/C27H24F4N2O4/c1-35-24-11-10-18(13-25(24)36-2)23-14-20(37-32-23)16-33(26(34)21-8-3-4-9-22(21)28)15-17-6-5-7-19(12-17)27(29,30)31/h3-13,20H,14-16H2,1-2H3/t20-/m0/s1. The molecule has 0 aromatic heterocycles. The lowest BCUT2D eigenvalue weighted by Gasteiger charge is -2.25. The van der Waals surface area contributed by atoms with Gasteiger partial charge in [-0.1, -0.05) is 29.4 Å². The third kappa shape index (κ3) is 6.02. The predicted molar refractivity (Wildman–Crippen MR) is 128 cm³/mol. The van der Waals surface area contributed by atoms with Crippen molar-refractivity contribution in [2.24, 2.45) is 5.16 Å². The summed E-state index contributed by atoms with van der Waals surface area (Å²) in [5.74, 6) is -0.341. The van der Waals surface area contributed by atoms with Gasteiger partial charge in [-0.25, -0.2) is 4.39 Å². The highest BCUT2D eigenvalue weighted by Gasteiger charge is 2.32. The fourth-order valence-corrected chi connectivity index (χ4v) is 4.05. The summed E-state index contributed by atoms with van der Waals surface area (Å²) < 4.78 is 64.7. The van der Waals surface area contributed by atoms with Crippen LogP contribution in [0.25, 0.3) is 0 Å². The Morgan fingerprint density at radius 3 is 2.49 bits per heavy atom. The summed E-state index contributed by atoms with van der Waals surface area (Å²) in [6.07, 6.45) is -4.81. The van der Waals surface area contributed by atoms with Crippen LogP contribution in [0.15, 0.2) is 71.9 Å². The maximum Gasteiger partial charge on any atom is 0.416 e. The van der Waals surface area contributed by atoms with Gasteiger partial charge in [-0.2, -0.15) is 13.2 Å². The summed E-state index contributed by atoms with van der Waals surface area (Å²) >= 11 is 0. The second kappa shape index (κ2) is 10.9. The number of nitrogens with zero attached hydrogens (tertiary/aromatic N) is 2. The molecule has 0 unspecified atom stereocenters. The number of carbonyl (C=O) groups is 1.